The Morgan fingerprint density at radius 1 is 1.64 bits per heavy atom. The Balaban J connectivity index is 2.44. The van der Waals surface area contributed by atoms with Gasteiger partial charge in [-0.2, -0.15) is 0 Å². The molecule has 1 unspecified atom stereocenters. The van der Waals surface area contributed by atoms with Crippen LogP contribution in [0, 0.1) is 5.92 Å². The average molecular weight is 156 g/mol. The van der Waals surface area contributed by atoms with Crippen molar-refractivity contribution in [3.63, 3.8) is 0 Å². The number of hydrogen-bond acceptors (Lipinski definition) is 2. The van der Waals surface area contributed by atoms with E-state index in [2.05, 4.69) is 0 Å². The van der Waals surface area contributed by atoms with Gasteiger partial charge in [-0.3, -0.25) is 4.79 Å². The van der Waals surface area contributed by atoms with Crippen molar-refractivity contribution in [2.45, 2.75) is 19.3 Å². The molecule has 0 radical (unpaired) electrons. The molecule has 64 valence electrons. The highest BCUT2D eigenvalue weighted by Gasteiger charge is 2.18. The van der Waals surface area contributed by atoms with Gasteiger partial charge in [-0.1, -0.05) is 0 Å². The topological polar surface area (TPSA) is 46.3 Å². The van der Waals surface area contributed by atoms with E-state index in [0.29, 0.717) is 12.3 Å². The molecule has 1 heterocycles. The van der Waals surface area contributed by atoms with Crippen molar-refractivity contribution in [2.24, 2.45) is 11.7 Å². The van der Waals surface area contributed by atoms with E-state index in [-0.39, 0.29) is 5.91 Å². The number of nitrogens with two attached hydrogens (primary N) is 1. The molecule has 1 saturated heterocycles. The van der Waals surface area contributed by atoms with Crippen molar-refractivity contribution in [1.82, 2.24) is 4.90 Å². The highest BCUT2D eigenvalue weighted by molar-refractivity contribution is 5.76. The van der Waals surface area contributed by atoms with Crippen LogP contribution in [0.1, 0.15) is 19.3 Å². The summed E-state index contributed by atoms with van der Waals surface area (Å²) < 4.78 is 0. The first-order valence-electron chi connectivity index (χ1n) is 4.18. The molecule has 1 amide bonds. The molecule has 1 aliphatic rings. The van der Waals surface area contributed by atoms with Gasteiger partial charge >= 0.3 is 0 Å². The number of amides is 1. The summed E-state index contributed by atoms with van der Waals surface area (Å²) in [5.41, 5.74) is 5.53. The molecule has 1 rings (SSSR count). The maximum Gasteiger partial charge on any atom is 0.222 e. The lowest BCUT2D eigenvalue weighted by molar-refractivity contribution is -0.129. The number of nitrogens with zero attached hydrogens (tertiary/aromatic N) is 1. The Morgan fingerprint density at radius 2 is 2.36 bits per heavy atom. The van der Waals surface area contributed by atoms with Crippen molar-refractivity contribution in [2.75, 3.05) is 20.1 Å². The Kier molecular flexibility index (Phi) is 2.88. The van der Waals surface area contributed by atoms with E-state index in [9.17, 15) is 4.79 Å². The quantitative estimate of drug-likeness (QED) is 0.589. The summed E-state index contributed by atoms with van der Waals surface area (Å²) in [5.74, 6) is 0.824. The molecule has 1 fully saturated rings. The molecule has 3 nitrogen and oxygen atoms in total. The van der Waals surface area contributed by atoms with Gasteiger partial charge in [0.15, 0.2) is 0 Å². The van der Waals surface area contributed by atoms with Crippen LogP contribution in [0.15, 0.2) is 0 Å². The molecule has 0 aromatic carbocycles. The molecule has 2 N–H and O–H groups in total. The van der Waals surface area contributed by atoms with Crippen LogP contribution in [0.4, 0.5) is 0 Å². The first kappa shape index (κ1) is 8.53. The first-order chi connectivity index (χ1) is 5.24. The minimum Gasteiger partial charge on any atom is -0.346 e. The van der Waals surface area contributed by atoms with Gasteiger partial charge in [-0.05, 0) is 25.3 Å². The van der Waals surface area contributed by atoms with Crippen LogP contribution < -0.4 is 5.73 Å². The lowest BCUT2D eigenvalue weighted by Gasteiger charge is -2.13. The minimum atomic E-state index is 0.265. The number of carbonyl (C=O) groups is 1. The van der Waals surface area contributed by atoms with Crippen molar-refractivity contribution in [1.29, 1.82) is 0 Å². The number of hydrogen-bond donors (Lipinski definition) is 1. The summed E-state index contributed by atoms with van der Waals surface area (Å²) in [6, 6.07) is 0. The summed E-state index contributed by atoms with van der Waals surface area (Å²) in [6.07, 6.45) is 2.72. The fourth-order valence-electron chi connectivity index (χ4n) is 1.40. The zero-order valence-corrected chi connectivity index (χ0v) is 7.05. The van der Waals surface area contributed by atoms with Gasteiger partial charge in [-0.25, -0.2) is 0 Å². The van der Waals surface area contributed by atoms with Gasteiger partial charge < -0.3 is 10.6 Å². The molecule has 11 heavy (non-hydrogen) atoms. The predicted octanol–water partition coefficient (Wildman–Crippen LogP) is 0.204. The monoisotopic (exact) mass is 156 g/mol. The Bertz CT molecular complexity index is 147. The van der Waals surface area contributed by atoms with Crippen molar-refractivity contribution in [3.05, 3.63) is 0 Å². The summed E-state index contributed by atoms with van der Waals surface area (Å²) in [7, 11) is 1.86. The van der Waals surface area contributed by atoms with Gasteiger partial charge in [0.25, 0.3) is 0 Å². The third-order valence-electron chi connectivity index (χ3n) is 2.40. The van der Waals surface area contributed by atoms with Crippen LogP contribution in [0.2, 0.25) is 0 Å². The zero-order chi connectivity index (χ0) is 8.27. The summed E-state index contributed by atoms with van der Waals surface area (Å²) in [4.78, 5) is 13.0. The number of carbonyl (C=O) groups excluding carboxylic acids is 1. The molecule has 0 aliphatic carbocycles. The molecular formula is C8H16N2O. The fourth-order valence-corrected chi connectivity index (χ4v) is 1.40. The maximum absolute atomic E-state index is 11.2. The summed E-state index contributed by atoms with van der Waals surface area (Å²) in [6.45, 7) is 1.60. The van der Waals surface area contributed by atoms with Crippen LogP contribution >= 0.6 is 0 Å². The molecule has 0 bridgehead atoms. The highest BCUT2D eigenvalue weighted by atomic mass is 16.2. The molecule has 0 spiro atoms. The van der Waals surface area contributed by atoms with E-state index in [1.807, 2.05) is 7.05 Å². The van der Waals surface area contributed by atoms with Crippen LogP contribution in [-0.2, 0) is 4.79 Å². The minimum absolute atomic E-state index is 0.265. The van der Waals surface area contributed by atoms with Crippen molar-refractivity contribution in [3.8, 4) is 0 Å². The van der Waals surface area contributed by atoms with Gasteiger partial charge in [0.05, 0.1) is 0 Å². The van der Waals surface area contributed by atoms with Crippen molar-refractivity contribution < 1.29 is 4.79 Å². The Labute approximate surface area is 67.5 Å². The zero-order valence-electron chi connectivity index (χ0n) is 7.05. The lowest BCUT2D eigenvalue weighted by atomic mass is 10.0. The van der Waals surface area contributed by atoms with Crippen molar-refractivity contribution >= 4 is 5.91 Å². The molecular weight excluding hydrogens is 140 g/mol. The second kappa shape index (κ2) is 3.72. The van der Waals surface area contributed by atoms with Gasteiger partial charge in [0.2, 0.25) is 5.91 Å². The number of rotatable bonds is 1. The second-order valence-electron chi connectivity index (χ2n) is 3.24. The van der Waals surface area contributed by atoms with E-state index in [1.54, 1.807) is 4.90 Å². The van der Waals surface area contributed by atoms with E-state index < -0.39 is 0 Å². The molecule has 0 aromatic heterocycles. The van der Waals surface area contributed by atoms with Crippen LogP contribution in [0.25, 0.3) is 0 Å². The smallest absolute Gasteiger partial charge is 0.222 e. The second-order valence-corrected chi connectivity index (χ2v) is 3.24. The number of likely N-dealkylation sites (tertiary alicyclic amines) is 1. The fraction of sp³-hybridized carbons (Fsp3) is 0.875. The van der Waals surface area contributed by atoms with Crippen LogP contribution in [0.5, 0.6) is 0 Å². The van der Waals surface area contributed by atoms with E-state index in [1.165, 1.54) is 0 Å². The molecule has 0 aromatic rings. The van der Waals surface area contributed by atoms with Crippen LogP contribution in [-0.4, -0.2) is 30.9 Å². The van der Waals surface area contributed by atoms with E-state index in [4.69, 9.17) is 5.73 Å². The third-order valence-corrected chi connectivity index (χ3v) is 2.40. The predicted molar refractivity (Wildman–Crippen MR) is 44.0 cm³/mol. The summed E-state index contributed by atoms with van der Waals surface area (Å²) in [5, 5.41) is 0. The standard InChI is InChI=1S/C8H16N2O/c1-10-5-4-7(6-9)2-3-8(10)11/h7H,2-6,9H2,1H3. The first-order valence-corrected chi connectivity index (χ1v) is 4.18. The SMILES string of the molecule is CN1CCC(CN)CCC1=O. The maximum atomic E-state index is 11.2. The van der Waals surface area contributed by atoms with Gasteiger partial charge in [0, 0.05) is 20.0 Å². The average Bonchev–Trinajstić information content (AvgIpc) is 2.16. The normalized spacial score (nSPS) is 26.9. The Hall–Kier alpha value is -0.570. The largest absolute Gasteiger partial charge is 0.346 e. The lowest BCUT2D eigenvalue weighted by Crippen LogP contribution is -2.25. The van der Waals surface area contributed by atoms with E-state index >= 15 is 0 Å². The summed E-state index contributed by atoms with van der Waals surface area (Å²) >= 11 is 0. The highest BCUT2D eigenvalue weighted by Crippen LogP contribution is 2.15. The van der Waals surface area contributed by atoms with Gasteiger partial charge in [0.1, 0.15) is 0 Å². The Morgan fingerprint density at radius 3 is 3.00 bits per heavy atom. The third kappa shape index (κ3) is 2.19. The van der Waals surface area contributed by atoms with Crippen LogP contribution in [0.3, 0.4) is 0 Å². The molecule has 1 aliphatic heterocycles. The molecule has 0 saturated carbocycles. The van der Waals surface area contributed by atoms with Gasteiger partial charge in [-0.15, -0.1) is 0 Å². The van der Waals surface area contributed by atoms with E-state index in [0.717, 1.165) is 25.9 Å². The molecule has 1 atom stereocenters. The molecule has 3 heteroatoms.